The maximum Gasteiger partial charge on any atom is 0.416 e. The zero-order chi connectivity index (χ0) is 33.3. The van der Waals surface area contributed by atoms with E-state index in [1.165, 1.54) is 0 Å². The number of carbonyl (C=O) groups excluding carboxylic acids is 1. The van der Waals surface area contributed by atoms with Crippen LogP contribution in [-0.4, -0.2) is 35.7 Å². The second kappa shape index (κ2) is 15.1. The molecule has 5 rings (SSSR count). The number of carbonyl (C=O) groups is 1. The van der Waals surface area contributed by atoms with Crippen molar-refractivity contribution >= 4 is 17.9 Å². The molecule has 11 heteroatoms. The predicted octanol–water partition coefficient (Wildman–Crippen LogP) is 6.79. The third-order valence-corrected chi connectivity index (χ3v) is 7.45. The lowest BCUT2D eigenvalue weighted by Gasteiger charge is -2.29. The Morgan fingerprint density at radius 2 is 1.68 bits per heavy atom. The Morgan fingerprint density at radius 1 is 0.979 bits per heavy atom. The number of aliphatic imine (C=N–C) groups is 1. The topological polar surface area (TPSA) is 92.2 Å². The smallest absolute Gasteiger partial charge is 0.416 e. The van der Waals surface area contributed by atoms with Gasteiger partial charge in [-0.2, -0.15) is 13.2 Å². The van der Waals surface area contributed by atoms with Gasteiger partial charge in [-0.15, -0.1) is 0 Å². The number of amides is 1. The molecule has 0 bridgehead atoms. The number of alkyl halides is 3. The van der Waals surface area contributed by atoms with Gasteiger partial charge in [0.05, 0.1) is 12.2 Å². The van der Waals surface area contributed by atoms with Crippen molar-refractivity contribution in [3.05, 3.63) is 143 Å². The first-order chi connectivity index (χ1) is 22.7. The summed E-state index contributed by atoms with van der Waals surface area (Å²) in [7, 11) is 0. The van der Waals surface area contributed by atoms with Gasteiger partial charge in [0.25, 0.3) is 5.91 Å². The van der Waals surface area contributed by atoms with Crippen LogP contribution in [-0.2, 0) is 22.3 Å². The summed E-state index contributed by atoms with van der Waals surface area (Å²) in [6.45, 7) is 0.0758. The van der Waals surface area contributed by atoms with Gasteiger partial charge in [0.1, 0.15) is 11.6 Å². The first-order valence-corrected chi connectivity index (χ1v) is 14.9. The minimum atomic E-state index is -4.73. The molecule has 244 valence electrons. The summed E-state index contributed by atoms with van der Waals surface area (Å²) >= 11 is 0. The van der Waals surface area contributed by atoms with Gasteiger partial charge in [-0.25, -0.2) is 14.8 Å². The monoisotopic (exact) mass is 647 g/mol. The van der Waals surface area contributed by atoms with Gasteiger partial charge in [0, 0.05) is 31.6 Å². The Morgan fingerprint density at radius 3 is 2.36 bits per heavy atom. The highest BCUT2D eigenvalue weighted by Gasteiger charge is 2.52. The third-order valence-electron chi connectivity index (χ3n) is 7.45. The van der Waals surface area contributed by atoms with Crippen molar-refractivity contribution in [3.63, 3.8) is 0 Å². The van der Waals surface area contributed by atoms with Crippen molar-refractivity contribution in [1.82, 2.24) is 10.9 Å². The van der Waals surface area contributed by atoms with Crippen LogP contribution in [0.5, 0.6) is 5.75 Å². The molecule has 7 nitrogen and oxygen atoms in total. The molecule has 3 N–H and O–H groups in total. The molecule has 0 saturated heterocycles. The minimum Gasteiger partial charge on any atom is -0.494 e. The molecule has 1 heterocycles. The summed E-state index contributed by atoms with van der Waals surface area (Å²) in [6.07, 6.45) is -1.34. The Kier molecular flexibility index (Phi) is 10.7. The summed E-state index contributed by atoms with van der Waals surface area (Å²) < 4.78 is 65.8. The van der Waals surface area contributed by atoms with E-state index in [1.807, 2.05) is 72.8 Å². The molecule has 0 spiro atoms. The number of rotatable bonds is 13. The Labute approximate surface area is 269 Å². The number of hydrogen-bond donors (Lipinski definition) is 3. The average Bonchev–Trinajstić information content (AvgIpc) is 3.46. The van der Waals surface area contributed by atoms with Crippen molar-refractivity contribution in [1.29, 1.82) is 0 Å². The molecule has 4 aromatic rings. The number of aliphatic hydroxyl groups excluding tert-OH is 1. The molecule has 1 amide bonds. The van der Waals surface area contributed by atoms with E-state index in [0.29, 0.717) is 36.0 Å². The molecule has 1 aliphatic rings. The van der Waals surface area contributed by atoms with Crippen LogP contribution < -0.4 is 15.6 Å². The summed E-state index contributed by atoms with van der Waals surface area (Å²) in [5.74, 6) is -0.845. The van der Waals surface area contributed by atoms with Crippen LogP contribution in [0.1, 0.15) is 46.8 Å². The molecule has 4 aromatic carbocycles. The van der Waals surface area contributed by atoms with E-state index >= 15 is 0 Å². The number of nitrogens with zero attached hydrogens (tertiary/aromatic N) is 1. The molecule has 0 saturated carbocycles. The van der Waals surface area contributed by atoms with Crippen LogP contribution in [0.15, 0.2) is 114 Å². The molecular weight excluding hydrogens is 614 g/mol. The van der Waals surface area contributed by atoms with E-state index < -0.39 is 35.1 Å². The van der Waals surface area contributed by atoms with Crippen molar-refractivity contribution in [2.75, 3.05) is 13.2 Å². The van der Waals surface area contributed by atoms with Crippen LogP contribution in [0.3, 0.4) is 0 Å². The number of halogens is 4. The van der Waals surface area contributed by atoms with Crippen molar-refractivity contribution in [2.45, 2.75) is 37.2 Å². The molecule has 0 aromatic heterocycles. The fourth-order valence-electron chi connectivity index (χ4n) is 5.13. The van der Waals surface area contributed by atoms with Crippen LogP contribution >= 0.6 is 0 Å². The van der Waals surface area contributed by atoms with Gasteiger partial charge in [0.15, 0.2) is 11.6 Å². The summed E-state index contributed by atoms with van der Waals surface area (Å²) in [6, 6.07) is 27.8. The normalized spacial score (nSPS) is 17.7. The average molecular weight is 648 g/mol. The number of ether oxygens (including phenoxy) is 2. The fraction of sp³-hybridized carbons (Fsp3) is 0.222. The fourth-order valence-corrected chi connectivity index (χ4v) is 5.13. The summed E-state index contributed by atoms with van der Waals surface area (Å²) in [4.78, 5) is 19.0. The second-order valence-electron chi connectivity index (χ2n) is 10.9. The predicted molar refractivity (Wildman–Crippen MR) is 170 cm³/mol. The van der Waals surface area contributed by atoms with E-state index in [-0.39, 0.29) is 31.0 Å². The quantitative estimate of drug-likeness (QED) is 0.0845. The lowest BCUT2D eigenvalue weighted by molar-refractivity contribution is -0.138. The minimum absolute atomic E-state index is 0.0107. The molecule has 0 radical (unpaired) electrons. The molecule has 47 heavy (non-hydrogen) atoms. The van der Waals surface area contributed by atoms with Gasteiger partial charge >= 0.3 is 6.18 Å². The van der Waals surface area contributed by atoms with Crippen LogP contribution in [0.4, 0.5) is 17.6 Å². The number of benzene rings is 4. The third kappa shape index (κ3) is 8.43. The molecule has 2 atom stereocenters. The first-order valence-electron chi connectivity index (χ1n) is 14.9. The Balaban J connectivity index is 1.46. The maximum absolute atomic E-state index is 14.2. The molecule has 0 fully saturated rings. The van der Waals surface area contributed by atoms with Gasteiger partial charge < -0.3 is 14.6 Å². The number of nitrogens with one attached hydrogen (secondary N) is 2. The standard InChI is InChI=1S/C36H33F4N3O4/c37-30-22-26(21-29(23-30)36(38,39)40)24-41-43-34(45)35(18-7-11-25-9-3-1-4-10-25)32(27-12-5-2-6-13-27)47-33(42-35)28-14-16-31(17-15-28)46-20-8-19-44/h1-7,9-17,21-23,32,41,44H,8,18-20,24H2,(H,43,45)/b11-7+/t32-,35-/m0/s1. The van der Waals surface area contributed by atoms with Gasteiger partial charge in [0.2, 0.25) is 5.90 Å². The Bertz CT molecular complexity index is 1700. The van der Waals surface area contributed by atoms with Crippen molar-refractivity contribution in [3.8, 4) is 5.75 Å². The zero-order valence-electron chi connectivity index (χ0n) is 25.2. The zero-order valence-corrected chi connectivity index (χ0v) is 25.2. The summed E-state index contributed by atoms with van der Waals surface area (Å²) in [5, 5.41) is 9.02. The number of hydrogen-bond acceptors (Lipinski definition) is 6. The highest BCUT2D eigenvalue weighted by atomic mass is 19.4. The summed E-state index contributed by atoms with van der Waals surface area (Å²) in [5.41, 5.74) is 4.74. The largest absolute Gasteiger partial charge is 0.494 e. The molecular formula is C36H33F4N3O4. The maximum atomic E-state index is 14.2. The van der Waals surface area contributed by atoms with Crippen LogP contribution in [0.25, 0.3) is 6.08 Å². The van der Waals surface area contributed by atoms with Gasteiger partial charge in [-0.1, -0.05) is 72.8 Å². The van der Waals surface area contributed by atoms with E-state index in [0.717, 1.165) is 17.7 Å². The molecule has 0 unspecified atom stereocenters. The van der Waals surface area contributed by atoms with E-state index in [4.69, 9.17) is 19.6 Å². The highest BCUT2D eigenvalue weighted by molar-refractivity contribution is 6.01. The Hall–Kier alpha value is -5.00. The SMILES string of the molecule is O=C(NNCc1cc(F)cc(C(F)(F)F)c1)[C@@]1(C/C=C/c2ccccc2)N=C(c2ccc(OCCCO)cc2)O[C@H]1c1ccccc1. The van der Waals surface area contributed by atoms with Crippen LogP contribution in [0.2, 0.25) is 0 Å². The van der Waals surface area contributed by atoms with E-state index in [1.54, 1.807) is 24.3 Å². The highest BCUT2D eigenvalue weighted by Crippen LogP contribution is 2.43. The molecule has 1 aliphatic heterocycles. The van der Waals surface area contributed by atoms with Crippen LogP contribution in [0, 0.1) is 5.82 Å². The van der Waals surface area contributed by atoms with E-state index in [9.17, 15) is 22.4 Å². The van der Waals surface area contributed by atoms with Crippen molar-refractivity contribution < 1.29 is 36.9 Å². The lowest BCUT2D eigenvalue weighted by Crippen LogP contribution is -2.52. The molecule has 0 aliphatic carbocycles. The second-order valence-corrected chi connectivity index (χ2v) is 10.9. The number of aliphatic hydroxyl groups is 1. The van der Waals surface area contributed by atoms with Crippen molar-refractivity contribution in [2.24, 2.45) is 4.99 Å². The number of hydrazine groups is 1. The lowest BCUT2D eigenvalue weighted by atomic mass is 9.84. The van der Waals surface area contributed by atoms with Gasteiger partial charge in [-0.3, -0.25) is 10.2 Å². The van der Waals surface area contributed by atoms with Gasteiger partial charge in [-0.05, 0) is 59.2 Å². The first kappa shape index (κ1) is 33.4. The van der Waals surface area contributed by atoms with E-state index in [2.05, 4.69) is 10.9 Å².